The molecule has 0 unspecified atom stereocenters. The SMILES string of the molecule is CC(C)N(CC(=O)Nc1cc(C(C)(C)C)nn1-c1ccc(Cl)c(Cl)c1)C(=O)CCC1CCCC1. The third-order valence-corrected chi connectivity index (χ3v) is 7.13. The lowest BCUT2D eigenvalue weighted by molar-refractivity contribution is -0.136. The number of nitrogens with one attached hydrogen (secondary N) is 1. The largest absolute Gasteiger partial charge is 0.331 e. The van der Waals surface area contributed by atoms with Gasteiger partial charge in [-0.15, -0.1) is 0 Å². The van der Waals surface area contributed by atoms with Crippen molar-refractivity contribution in [2.45, 2.75) is 84.6 Å². The predicted molar refractivity (Wildman–Crippen MR) is 139 cm³/mol. The highest BCUT2D eigenvalue weighted by atomic mass is 35.5. The first-order chi connectivity index (χ1) is 16.0. The highest BCUT2D eigenvalue weighted by Gasteiger charge is 2.25. The zero-order chi connectivity index (χ0) is 25.0. The van der Waals surface area contributed by atoms with Crippen LogP contribution < -0.4 is 5.32 Å². The monoisotopic (exact) mass is 506 g/mol. The molecule has 0 bridgehead atoms. The number of aromatic nitrogens is 2. The number of carbonyl (C=O) groups excluding carboxylic acids is 2. The standard InChI is InChI=1S/C26H36Cl2N4O2/c1-17(2)31(25(34)13-10-18-8-6-7-9-18)16-24(33)29-23-15-22(26(3,4)5)30-32(23)19-11-12-20(27)21(28)14-19/h11-12,14-15,17-18H,6-10,13,16H2,1-5H3,(H,29,33). The van der Waals surface area contributed by atoms with Gasteiger partial charge in [0.1, 0.15) is 12.4 Å². The van der Waals surface area contributed by atoms with Crippen molar-refractivity contribution in [3.8, 4) is 5.69 Å². The molecule has 186 valence electrons. The van der Waals surface area contributed by atoms with E-state index in [0.717, 1.165) is 12.1 Å². The Bertz CT molecular complexity index is 1020. The van der Waals surface area contributed by atoms with E-state index < -0.39 is 0 Å². The second-order valence-corrected chi connectivity index (χ2v) is 11.3. The molecule has 1 saturated carbocycles. The summed E-state index contributed by atoms with van der Waals surface area (Å²) in [7, 11) is 0. The van der Waals surface area contributed by atoms with Crippen molar-refractivity contribution in [1.29, 1.82) is 0 Å². The maximum atomic E-state index is 13.1. The lowest BCUT2D eigenvalue weighted by Crippen LogP contribution is -2.42. The molecule has 6 nitrogen and oxygen atoms in total. The van der Waals surface area contributed by atoms with Crippen LogP contribution in [0, 0.1) is 5.92 Å². The van der Waals surface area contributed by atoms with Gasteiger partial charge in [-0.3, -0.25) is 9.59 Å². The number of nitrogens with zero attached hydrogens (tertiary/aromatic N) is 3. The van der Waals surface area contributed by atoms with Crippen molar-refractivity contribution in [3.63, 3.8) is 0 Å². The van der Waals surface area contributed by atoms with Gasteiger partial charge < -0.3 is 10.2 Å². The summed E-state index contributed by atoms with van der Waals surface area (Å²) in [4.78, 5) is 27.6. The fourth-order valence-corrected chi connectivity index (χ4v) is 4.61. The minimum absolute atomic E-state index is 0.00142. The average molecular weight is 508 g/mol. The Morgan fingerprint density at radius 1 is 1.15 bits per heavy atom. The zero-order valence-corrected chi connectivity index (χ0v) is 22.3. The van der Waals surface area contributed by atoms with Crippen molar-refractivity contribution in [2.24, 2.45) is 5.92 Å². The molecule has 1 fully saturated rings. The van der Waals surface area contributed by atoms with Gasteiger partial charge in [-0.05, 0) is 44.4 Å². The van der Waals surface area contributed by atoms with Crippen LogP contribution in [-0.2, 0) is 15.0 Å². The molecule has 1 aliphatic carbocycles. The predicted octanol–water partition coefficient (Wildman–Crippen LogP) is 6.62. The summed E-state index contributed by atoms with van der Waals surface area (Å²) in [6.45, 7) is 10.1. The number of halogens is 2. The molecule has 34 heavy (non-hydrogen) atoms. The van der Waals surface area contributed by atoms with Crippen LogP contribution in [0.25, 0.3) is 5.69 Å². The van der Waals surface area contributed by atoms with Gasteiger partial charge in [0.05, 0.1) is 21.4 Å². The molecule has 2 aromatic rings. The molecule has 2 amide bonds. The molecule has 1 aromatic heterocycles. The third-order valence-electron chi connectivity index (χ3n) is 6.39. The van der Waals surface area contributed by atoms with Gasteiger partial charge in [0.25, 0.3) is 0 Å². The third kappa shape index (κ3) is 6.76. The molecule has 1 N–H and O–H groups in total. The normalized spacial score (nSPS) is 14.6. The van der Waals surface area contributed by atoms with E-state index in [-0.39, 0.29) is 29.8 Å². The molecule has 0 spiro atoms. The number of anilines is 1. The second-order valence-electron chi connectivity index (χ2n) is 10.5. The van der Waals surface area contributed by atoms with Gasteiger partial charge in [0.15, 0.2) is 0 Å². The van der Waals surface area contributed by atoms with E-state index in [4.69, 9.17) is 28.3 Å². The van der Waals surface area contributed by atoms with Crippen LogP contribution in [-0.4, -0.2) is 39.1 Å². The van der Waals surface area contributed by atoms with Crippen LogP contribution in [0.4, 0.5) is 5.82 Å². The highest BCUT2D eigenvalue weighted by Crippen LogP contribution is 2.30. The number of hydrogen-bond acceptors (Lipinski definition) is 3. The van der Waals surface area contributed by atoms with E-state index >= 15 is 0 Å². The molecule has 0 atom stereocenters. The zero-order valence-electron chi connectivity index (χ0n) is 20.8. The van der Waals surface area contributed by atoms with Gasteiger partial charge in [-0.25, -0.2) is 4.68 Å². The molecular weight excluding hydrogens is 471 g/mol. The number of amides is 2. The van der Waals surface area contributed by atoms with Crippen LogP contribution >= 0.6 is 23.2 Å². The second kappa shape index (κ2) is 11.1. The van der Waals surface area contributed by atoms with Crippen molar-refractivity contribution in [1.82, 2.24) is 14.7 Å². The molecule has 0 saturated heterocycles. The van der Waals surface area contributed by atoms with E-state index in [9.17, 15) is 9.59 Å². The minimum Gasteiger partial charge on any atom is -0.331 e. The molecule has 1 aliphatic rings. The van der Waals surface area contributed by atoms with Crippen molar-refractivity contribution in [3.05, 3.63) is 40.0 Å². The molecule has 0 radical (unpaired) electrons. The number of carbonyl (C=O) groups is 2. The fourth-order valence-electron chi connectivity index (χ4n) is 4.32. The minimum atomic E-state index is -0.260. The number of hydrogen-bond donors (Lipinski definition) is 1. The Balaban J connectivity index is 1.77. The smallest absolute Gasteiger partial charge is 0.245 e. The lowest BCUT2D eigenvalue weighted by Gasteiger charge is -2.26. The topological polar surface area (TPSA) is 67.2 Å². The molecular formula is C26H36Cl2N4O2. The Morgan fingerprint density at radius 3 is 2.41 bits per heavy atom. The summed E-state index contributed by atoms with van der Waals surface area (Å²) in [5.41, 5.74) is 1.29. The van der Waals surface area contributed by atoms with Crippen molar-refractivity contribution >= 4 is 40.8 Å². The number of benzene rings is 1. The molecule has 0 aliphatic heterocycles. The summed E-state index contributed by atoms with van der Waals surface area (Å²) in [6.07, 6.45) is 6.35. The van der Waals surface area contributed by atoms with Gasteiger partial charge >= 0.3 is 0 Å². The van der Waals surface area contributed by atoms with Crippen LogP contribution in [0.5, 0.6) is 0 Å². The van der Waals surface area contributed by atoms with E-state index in [1.807, 2.05) is 19.9 Å². The van der Waals surface area contributed by atoms with E-state index in [1.54, 1.807) is 27.8 Å². The summed E-state index contributed by atoms with van der Waals surface area (Å²) >= 11 is 12.3. The lowest BCUT2D eigenvalue weighted by atomic mass is 9.92. The van der Waals surface area contributed by atoms with Crippen LogP contribution in [0.1, 0.15) is 78.8 Å². The Labute approximate surface area is 213 Å². The first-order valence-electron chi connectivity index (χ1n) is 12.1. The van der Waals surface area contributed by atoms with Gasteiger partial charge in [-0.1, -0.05) is 69.7 Å². The maximum Gasteiger partial charge on any atom is 0.245 e. The average Bonchev–Trinajstić information content (AvgIpc) is 3.42. The van der Waals surface area contributed by atoms with E-state index in [1.165, 1.54) is 25.7 Å². The molecule has 3 rings (SSSR count). The Kier molecular flexibility index (Phi) is 8.69. The Morgan fingerprint density at radius 2 is 1.82 bits per heavy atom. The molecule has 8 heteroatoms. The maximum absolute atomic E-state index is 13.1. The van der Waals surface area contributed by atoms with Crippen molar-refractivity contribution in [2.75, 3.05) is 11.9 Å². The summed E-state index contributed by atoms with van der Waals surface area (Å²) in [5.74, 6) is 0.939. The highest BCUT2D eigenvalue weighted by molar-refractivity contribution is 6.42. The van der Waals surface area contributed by atoms with Gasteiger partial charge in [0, 0.05) is 23.9 Å². The van der Waals surface area contributed by atoms with Crippen LogP contribution in [0.3, 0.4) is 0 Å². The summed E-state index contributed by atoms with van der Waals surface area (Å²) in [5, 5.41) is 8.54. The summed E-state index contributed by atoms with van der Waals surface area (Å²) < 4.78 is 1.66. The van der Waals surface area contributed by atoms with Crippen LogP contribution in [0.15, 0.2) is 24.3 Å². The van der Waals surface area contributed by atoms with E-state index in [0.29, 0.717) is 33.9 Å². The van der Waals surface area contributed by atoms with Gasteiger partial charge in [0.2, 0.25) is 11.8 Å². The van der Waals surface area contributed by atoms with E-state index in [2.05, 4.69) is 26.1 Å². The van der Waals surface area contributed by atoms with Crippen LogP contribution in [0.2, 0.25) is 10.0 Å². The molecule has 1 aromatic carbocycles. The Hall–Kier alpha value is -2.05. The first-order valence-corrected chi connectivity index (χ1v) is 12.9. The van der Waals surface area contributed by atoms with Crippen molar-refractivity contribution < 1.29 is 9.59 Å². The first kappa shape index (κ1) is 26.6. The fraction of sp³-hybridized carbons (Fsp3) is 0.577. The summed E-state index contributed by atoms with van der Waals surface area (Å²) in [6, 6.07) is 7.02. The molecule has 1 heterocycles. The van der Waals surface area contributed by atoms with Gasteiger partial charge in [-0.2, -0.15) is 5.10 Å². The quantitative estimate of drug-likeness (QED) is 0.437. The number of rotatable bonds is 8.